The first-order chi connectivity index (χ1) is 5.86. The minimum absolute atomic E-state index is 0.376. The van der Waals surface area contributed by atoms with Crippen LogP contribution in [0.15, 0.2) is 30.3 Å². The number of nitrogens with one attached hydrogen (secondary N) is 2. The van der Waals surface area contributed by atoms with Gasteiger partial charge in [-0.25, -0.2) is 10.2 Å². The van der Waals surface area contributed by atoms with E-state index < -0.39 is 0 Å². The number of hydrogen-bond donors (Lipinski definition) is 2. The molecule has 5 nitrogen and oxygen atoms in total. The van der Waals surface area contributed by atoms with Gasteiger partial charge >= 0.3 is 6.03 Å². The van der Waals surface area contributed by atoms with E-state index in [2.05, 4.69) is 10.9 Å². The highest BCUT2D eigenvalue weighted by atomic mass is 16.9. The number of carbonyl (C=O) groups is 1. The largest absolute Gasteiger partial charge is 0.361 e. The van der Waals surface area contributed by atoms with Crippen LogP contribution in [0.1, 0.15) is 0 Å². The maximum absolute atomic E-state index is 10.6. The van der Waals surface area contributed by atoms with Gasteiger partial charge in [0.2, 0.25) is 0 Å². The molecular weight excluding hydrogens is 158 g/mol. The number of para-hydroxylation sites is 1. The summed E-state index contributed by atoms with van der Waals surface area (Å²) >= 11 is 0. The van der Waals surface area contributed by atoms with Gasteiger partial charge < -0.3 is 0 Å². The second-order valence-electron chi connectivity index (χ2n) is 2.26. The summed E-state index contributed by atoms with van der Waals surface area (Å²) in [6.45, 7) is 0. The molecule has 1 aromatic carbocycles. The number of hydrogen-bond acceptors (Lipinski definition) is 3. The van der Waals surface area contributed by atoms with E-state index in [1.165, 1.54) is 5.17 Å². The molecule has 62 valence electrons. The van der Waals surface area contributed by atoms with Crippen molar-refractivity contribution in [2.24, 2.45) is 0 Å². The maximum Gasteiger partial charge on any atom is 0.361 e. The normalized spacial score (nSPS) is 15.7. The third kappa shape index (κ3) is 1.17. The van der Waals surface area contributed by atoms with Gasteiger partial charge in [-0.15, -0.1) is 10.1 Å². The van der Waals surface area contributed by atoms with Crippen LogP contribution in [-0.4, -0.2) is 6.03 Å². The van der Waals surface area contributed by atoms with Crippen molar-refractivity contribution >= 4 is 11.7 Å². The van der Waals surface area contributed by atoms with Crippen molar-refractivity contribution < 1.29 is 9.73 Å². The summed E-state index contributed by atoms with van der Waals surface area (Å²) in [5.41, 5.74) is 5.34. The monoisotopic (exact) mass is 165 g/mol. The smallest absolute Gasteiger partial charge is 0.244 e. The third-order valence-corrected chi connectivity index (χ3v) is 1.42. The molecule has 2 amide bonds. The third-order valence-electron chi connectivity index (χ3n) is 1.42. The van der Waals surface area contributed by atoms with Crippen LogP contribution in [0, 0.1) is 0 Å². The maximum atomic E-state index is 10.6. The van der Waals surface area contributed by atoms with E-state index in [0.29, 0.717) is 0 Å². The van der Waals surface area contributed by atoms with E-state index in [0.717, 1.165) is 5.69 Å². The van der Waals surface area contributed by atoms with Crippen molar-refractivity contribution in [1.29, 1.82) is 0 Å². The van der Waals surface area contributed by atoms with Gasteiger partial charge in [-0.3, -0.25) is 0 Å². The molecule has 1 fully saturated rings. The van der Waals surface area contributed by atoms with Gasteiger partial charge in [-0.1, -0.05) is 18.2 Å². The average Bonchev–Trinajstić information content (AvgIpc) is 2.54. The minimum atomic E-state index is -0.376. The highest BCUT2D eigenvalue weighted by Crippen LogP contribution is 2.11. The summed E-state index contributed by atoms with van der Waals surface area (Å²) in [6.07, 6.45) is 0. The van der Waals surface area contributed by atoms with Crippen LogP contribution in [0.4, 0.5) is 10.5 Å². The molecule has 12 heavy (non-hydrogen) atoms. The van der Waals surface area contributed by atoms with Crippen LogP contribution >= 0.6 is 0 Å². The van der Waals surface area contributed by atoms with Crippen molar-refractivity contribution in [1.82, 2.24) is 10.9 Å². The Labute approximate surface area is 68.8 Å². The predicted octanol–water partition coefficient (Wildman–Crippen LogP) is 0.567. The van der Waals surface area contributed by atoms with Crippen molar-refractivity contribution in [3.8, 4) is 0 Å². The van der Waals surface area contributed by atoms with Gasteiger partial charge in [0.05, 0.1) is 5.69 Å². The Morgan fingerprint density at radius 1 is 1.25 bits per heavy atom. The van der Waals surface area contributed by atoms with Gasteiger partial charge in [-0.2, -0.15) is 5.48 Å². The van der Waals surface area contributed by atoms with Gasteiger partial charge in [0.15, 0.2) is 0 Å². The molecule has 0 saturated carbocycles. The zero-order chi connectivity index (χ0) is 8.39. The Morgan fingerprint density at radius 2 is 2.00 bits per heavy atom. The van der Waals surface area contributed by atoms with Crippen LogP contribution in [0.25, 0.3) is 0 Å². The van der Waals surface area contributed by atoms with Crippen LogP contribution in [-0.2, 0) is 4.94 Å². The number of amides is 2. The van der Waals surface area contributed by atoms with E-state index in [1.54, 1.807) is 0 Å². The Hall–Kier alpha value is -1.75. The number of hydroxylamine groups is 1. The molecule has 2 N–H and O–H groups in total. The molecule has 0 radical (unpaired) electrons. The van der Waals surface area contributed by atoms with Crippen molar-refractivity contribution in [2.45, 2.75) is 0 Å². The lowest BCUT2D eigenvalue weighted by Gasteiger charge is -2.11. The lowest BCUT2D eigenvalue weighted by atomic mass is 10.3. The standard InChI is InChI=1S/C7H7N3O2/c11-7-8-10(12-9-7)6-4-2-1-3-5-6/h1-5H,(H2,8,9,11). The molecule has 0 aromatic heterocycles. The van der Waals surface area contributed by atoms with Gasteiger partial charge in [0.25, 0.3) is 0 Å². The first-order valence-electron chi connectivity index (χ1n) is 3.45. The number of rotatable bonds is 1. The minimum Gasteiger partial charge on any atom is -0.244 e. The molecule has 1 heterocycles. The molecule has 1 aromatic rings. The Bertz CT molecular complexity index is 288. The number of carbonyl (C=O) groups excluding carboxylic acids is 1. The van der Waals surface area contributed by atoms with E-state index >= 15 is 0 Å². The Kier molecular flexibility index (Phi) is 1.56. The van der Waals surface area contributed by atoms with Crippen molar-refractivity contribution in [2.75, 3.05) is 5.17 Å². The number of anilines is 1. The first kappa shape index (κ1) is 6.93. The summed E-state index contributed by atoms with van der Waals surface area (Å²) in [5.74, 6) is 0. The van der Waals surface area contributed by atoms with Crippen LogP contribution in [0.5, 0.6) is 0 Å². The fourth-order valence-electron chi connectivity index (χ4n) is 0.906. The van der Waals surface area contributed by atoms with Crippen LogP contribution in [0.2, 0.25) is 0 Å². The Balaban J connectivity index is 2.16. The average molecular weight is 165 g/mol. The van der Waals surface area contributed by atoms with Gasteiger partial charge in [0, 0.05) is 0 Å². The second-order valence-corrected chi connectivity index (χ2v) is 2.26. The van der Waals surface area contributed by atoms with E-state index in [4.69, 9.17) is 4.94 Å². The fraction of sp³-hybridized carbons (Fsp3) is 0. The number of urea groups is 1. The van der Waals surface area contributed by atoms with E-state index in [1.807, 2.05) is 30.3 Å². The highest BCUT2D eigenvalue weighted by Gasteiger charge is 2.18. The highest BCUT2D eigenvalue weighted by molar-refractivity contribution is 5.76. The fourth-order valence-corrected chi connectivity index (χ4v) is 0.906. The molecule has 0 atom stereocenters. The van der Waals surface area contributed by atoms with E-state index in [9.17, 15) is 4.79 Å². The van der Waals surface area contributed by atoms with Crippen molar-refractivity contribution in [3.63, 3.8) is 0 Å². The molecule has 2 rings (SSSR count). The van der Waals surface area contributed by atoms with E-state index in [-0.39, 0.29) is 6.03 Å². The summed E-state index contributed by atoms with van der Waals surface area (Å²) in [7, 11) is 0. The molecule has 1 saturated heterocycles. The zero-order valence-corrected chi connectivity index (χ0v) is 6.15. The molecule has 0 unspecified atom stereocenters. The summed E-state index contributed by atoms with van der Waals surface area (Å²) in [5, 5.41) is 1.25. The van der Waals surface area contributed by atoms with Gasteiger partial charge in [-0.05, 0) is 12.1 Å². The van der Waals surface area contributed by atoms with Crippen LogP contribution < -0.4 is 16.1 Å². The summed E-state index contributed by atoms with van der Waals surface area (Å²) in [6, 6.07) is 8.83. The summed E-state index contributed by atoms with van der Waals surface area (Å²) in [4.78, 5) is 15.4. The van der Waals surface area contributed by atoms with Crippen molar-refractivity contribution in [3.05, 3.63) is 30.3 Å². The topological polar surface area (TPSA) is 53.6 Å². The SMILES string of the molecule is O=C1NON(c2ccccc2)N1. The molecule has 1 aliphatic rings. The van der Waals surface area contributed by atoms with Gasteiger partial charge in [0.1, 0.15) is 0 Å². The lowest BCUT2D eigenvalue weighted by Crippen LogP contribution is -2.31. The number of benzene rings is 1. The second kappa shape index (κ2) is 2.71. The predicted molar refractivity (Wildman–Crippen MR) is 41.7 cm³/mol. The molecule has 1 aliphatic heterocycles. The van der Waals surface area contributed by atoms with Crippen LogP contribution in [0.3, 0.4) is 0 Å². The molecular formula is C7H7N3O2. The molecule has 0 spiro atoms. The molecule has 0 aliphatic carbocycles. The number of nitrogens with zero attached hydrogens (tertiary/aromatic N) is 1. The Morgan fingerprint density at radius 3 is 2.58 bits per heavy atom. The number of hydrazine groups is 1. The zero-order valence-electron chi connectivity index (χ0n) is 6.15. The molecule has 5 heteroatoms. The lowest BCUT2D eigenvalue weighted by molar-refractivity contribution is 0.0787. The quantitative estimate of drug-likeness (QED) is 0.639. The first-order valence-corrected chi connectivity index (χ1v) is 3.45. The summed E-state index contributed by atoms with van der Waals surface area (Å²) < 4.78 is 0. The molecule has 0 bridgehead atoms.